The maximum absolute atomic E-state index is 13.0. The summed E-state index contributed by atoms with van der Waals surface area (Å²) in [5, 5.41) is 3.56. The fourth-order valence-corrected chi connectivity index (χ4v) is 3.57. The molecule has 0 saturated carbocycles. The Morgan fingerprint density at radius 2 is 1.75 bits per heavy atom. The Bertz CT molecular complexity index is 882. The van der Waals surface area contributed by atoms with E-state index in [1.54, 1.807) is 30.3 Å². The molecule has 1 saturated heterocycles. The van der Waals surface area contributed by atoms with Crippen molar-refractivity contribution in [3.63, 3.8) is 0 Å². The fraction of sp³-hybridized carbons (Fsp3) is 0.300. The highest BCUT2D eigenvalue weighted by Gasteiger charge is 2.35. The van der Waals surface area contributed by atoms with Crippen molar-refractivity contribution in [2.24, 2.45) is 0 Å². The number of carbonyl (C=O) groups excluding carboxylic acids is 2. The van der Waals surface area contributed by atoms with Crippen LogP contribution in [0, 0.1) is 0 Å². The van der Waals surface area contributed by atoms with E-state index in [9.17, 15) is 9.59 Å². The first-order valence-electron chi connectivity index (χ1n) is 8.73. The van der Waals surface area contributed by atoms with Crippen LogP contribution in [0.3, 0.4) is 0 Å². The van der Waals surface area contributed by atoms with Gasteiger partial charge in [-0.2, -0.15) is 0 Å². The zero-order valence-electron chi connectivity index (χ0n) is 15.5. The third kappa shape index (κ3) is 4.34. The summed E-state index contributed by atoms with van der Waals surface area (Å²) in [6, 6.07) is 9.20. The van der Waals surface area contributed by atoms with Crippen LogP contribution >= 0.6 is 23.2 Å². The summed E-state index contributed by atoms with van der Waals surface area (Å²) in [6.07, 6.45) is 1.29. The minimum Gasteiger partial charge on any atom is -0.497 e. The molecule has 2 aromatic carbocycles. The highest BCUT2D eigenvalue weighted by molar-refractivity contribution is 6.35. The van der Waals surface area contributed by atoms with Crippen LogP contribution in [-0.2, 0) is 4.79 Å². The topological polar surface area (TPSA) is 67.9 Å². The molecule has 2 aromatic rings. The second-order valence-corrected chi connectivity index (χ2v) is 7.21. The van der Waals surface area contributed by atoms with Gasteiger partial charge in [-0.1, -0.05) is 23.2 Å². The van der Waals surface area contributed by atoms with Crippen molar-refractivity contribution in [2.45, 2.75) is 18.9 Å². The first-order chi connectivity index (χ1) is 13.4. The van der Waals surface area contributed by atoms with E-state index in [4.69, 9.17) is 32.7 Å². The molecule has 1 atom stereocenters. The average Bonchev–Trinajstić information content (AvgIpc) is 3.19. The number of amides is 2. The van der Waals surface area contributed by atoms with Crippen LogP contribution in [0.1, 0.15) is 23.2 Å². The molecule has 148 valence electrons. The van der Waals surface area contributed by atoms with Crippen molar-refractivity contribution in [2.75, 3.05) is 26.1 Å². The Kier molecular flexibility index (Phi) is 6.31. The van der Waals surface area contributed by atoms with Crippen LogP contribution in [0.2, 0.25) is 10.0 Å². The summed E-state index contributed by atoms with van der Waals surface area (Å²) in [4.78, 5) is 27.3. The average molecular weight is 423 g/mol. The molecule has 0 radical (unpaired) electrons. The molecule has 1 N–H and O–H groups in total. The molecule has 2 amide bonds. The zero-order valence-corrected chi connectivity index (χ0v) is 17.0. The SMILES string of the molecule is COc1cc(NC(=O)C2CCCN2C(=O)c2cc(Cl)ccc2Cl)cc(OC)c1. The fourth-order valence-electron chi connectivity index (χ4n) is 3.20. The third-order valence-corrected chi connectivity index (χ3v) is 5.16. The van der Waals surface area contributed by atoms with Crippen molar-refractivity contribution in [1.82, 2.24) is 4.90 Å². The molecule has 8 heteroatoms. The predicted molar refractivity (Wildman–Crippen MR) is 109 cm³/mol. The number of anilines is 1. The van der Waals surface area contributed by atoms with E-state index in [1.807, 2.05) is 0 Å². The van der Waals surface area contributed by atoms with Gasteiger partial charge >= 0.3 is 0 Å². The van der Waals surface area contributed by atoms with Gasteiger partial charge in [0.1, 0.15) is 17.5 Å². The summed E-state index contributed by atoms with van der Waals surface area (Å²) in [5.41, 5.74) is 0.818. The Balaban J connectivity index is 1.80. The van der Waals surface area contributed by atoms with Gasteiger partial charge in [-0.3, -0.25) is 9.59 Å². The van der Waals surface area contributed by atoms with E-state index < -0.39 is 6.04 Å². The standard InChI is InChI=1S/C20H20Cl2N2O4/c1-27-14-9-13(10-15(11-14)28-2)23-19(25)18-4-3-7-24(18)20(26)16-8-12(21)5-6-17(16)22/h5-6,8-11,18H,3-4,7H2,1-2H3,(H,23,25). The molecule has 1 aliphatic heterocycles. The van der Waals surface area contributed by atoms with Crippen molar-refractivity contribution < 1.29 is 19.1 Å². The monoisotopic (exact) mass is 422 g/mol. The van der Waals surface area contributed by atoms with Crippen LogP contribution in [0.15, 0.2) is 36.4 Å². The van der Waals surface area contributed by atoms with Gasteiger partial charge in [-0.05, 0) is 31.0 Å². The van der Waals surface area contributed by atoms with Gasteiger partial charge in [0.2, 0.25) is 5.91 Å². The van der Waals surface area contributed by atoms with Gasteiger partial charge in [0.05, 0.1) is 24.8 Å². The molecule has 0 spiro atoms. The van der Waals surface area contributed by atoms with Crippen LogP contribution < -0.4 is 14.8 Å². The molecule has 1 heterocycles. The molecule has 6 nitrogen and oxygen atoms in total. The van der Waals surface area contributed by atoms with Gasteiger partial charge in [0, 0.05) is 35.5 Å². The molecule has 1 aliphatic rings. The molecule has 3 rings (SSSR count). The minimum absolute atomic E-state index is 0.278. The summed E-state index contributed by atoms with van der Waals surface area (Å²) in [5.74, 6) is 0.520. The number of carbonyl (C=O) groups is 2. The van der Waals surface area contributed by atoms with Crippen molar-refractivity contribution in [3.8, 4) is 11.5 Å². The number of rotatable bonds is 5. The molecule has 0 aromatic heterocycles. The maximum Gasteiger partial charge on any atom is 0.256 e. The van der Waals surface area contributed by atoms with Crippen molar-refractivity contribution >= 4 is 40.7 Å². The number of ether oxygens (including phenoxy) is 2. The second kappa shape index (κ2) is 8.71. The number of methoxy groups -OCH3 is 2. The number of nitrogens with zero attached hydrogens (tertiary/aromatic N) is 1. The van der Waals surface area contributed by atoms with Crippen molar-refractivity contribution in [3.05, 3.63) is 52.0 Å². The lowest BCUT2D eigenvalue weighted by Crippen LogP contribution is -2.43. The highest BCUT2D eigenvalue weighted by Crippen LogP contribution is 2.29. The third-order valence-electron chi connectivity index (χ3n) is 4.59. The lowest BCUT2D eigenvalue weighted by molar-refractivity contribution is -0.119. The zero-order chi connectivity index (χ0) is 20.3. The van der Waals surface area contributed by atoms with Gasteiger partial charge in [0.15, 0.2) is 0 Å². The number of hydrogen-bond donors (Lipinski definition) is 1. The molecule has 1 fully saturated rings. The van der Waals surface area contributed by atoms with Crippen molar-refractivity contribution in [1.29, 1.82) is 0 Å². The van der Waals surface area contributed by atoms with E-state index >= 15 is 0 Å². The van der Waals surface area contributed by atoms with Crippen LogP contribution in [0.4, 0.5) is 5.69 Å². The number of likely N-dealkylation sites (tertiary alicyclic amines) is 1. The number of nitrogens with one attached hydrogen (secondary N) is 1. The molecule has 28 heavy (non-hydrogen) atoms. The molecule has 0 aliphatic carbocycles. The Labute approximate surface area is 173 Å². The van der Waals surface area contributed by atoms with Gasteiger partial charge < -0.3 is 19.7 Å². The van der Waals surface area contributed by atoms with E-state index in [0.717, 1.165) is 6.42 Å². The van der Waals surface area contributed by atoms with Gasteiger partial charge in [-0.25, -0.2) is 0 Å². The summed E-state index contributed by atoms with van der Waals surface area (Å²) in [6.45, 7) is 0.473. The highest BCUT2D eigenvalue weighted by atomic mass is 35.5. The molecule has 0 bridgehead atoms. The Morgan fingerprint density at radius 1 is 1.07 bits per heavy atom. The van der Waals surface area contributed by atoms with E-state index in [0.29, 0.717) is 40.2 Å². The van der Waals surface area contributed by atoms with Crippen LogP contribution in [0.5, 0.6) is 11.5 Å². The second-order valence-electron chi connectivity index (χ2n) is 6.37. The number of benzene rings is 2. The quantitative estimate of drug-likeness (QED) is 0.781. The maximum atomic E-state index is 13.0. The van der Waals surface area contributed by atoms with Crippen LogP contribution in [-0.4, -0.2) is 43.5 Å². The van der Waals surface area contributed by atoms with E-state index in [-0.39, 0.29) is 17.4 Å². The summed E-state index contributed by atoms with van der Waals surface area (Å²) >= 11 is 12.2. The van der Waals surface area contributed by atoms with Gasteiger partial charge in [-0.15, -0.1) is 0 Å². The summed E-state index contributed by atoms with van der Waals surface area (Å²) in [7, 11) is 3.07. The summed E-state index contributed by atoms with van der Waals surface area (Å²) < 4.78 is 10.4. The lowest BCUT2D eigenvalue weighted by Gasteiger charge is -2.24. The van der Waals surface area contributed by atoms with Gasteiger partial charge in [0.25, 0.3) is 5.91 Å². The largest absolute Gasteiger partial charge is 0.497 e. The molecular formula is C20H20Cl2N2O4. The molecule has 1 unspecified atom stereocenters. The first kappa shape index (κ1) is 20.3. The minimum atomic E-state index is -0.597. The number of hydrogen-bond acceptors (Lipinski definition) is 4. The number of halogens is 2. The Morgan fingerprint density at radius 3 is 2.39 bits per heavy atom. The lowest BCUT2D eigenvalue weighted by atomic mass is 10.1. The molecular weight excluding hydrogens is 403 g/mol. The van der Waals surface area contributed by atoms with E-state index in [2.05, 4.69) is 5.32 Å². The Hall–Kier alpha value is -2.44. The normalized spacial score (nSPS) is 16.0. The smallest absolute Gasteiger partial charge is 0.256 e. The predicted octanol–water partition coefficient (Wildman–Crippen LogP) is 4.25. The first-order valence-corrected chi connectivity index (χ1v) is 9.48. The van der Waals surface area contributed by atoms with Crippen LogP contribution in [0.25, 0.3) is 0 Å². The van der Waals surface area contributed by atoms with E-state index in [1.165, 1.54) is 25.2 Å².